The molecule has 1 fully saturated rings. The van der Waals surface area contributed by atoms with Crippen molar-refractivity contribution in [2.75, 3.05) is 46.6 Å². The first-order chi connectivity index (χ1) is 18.0. The lowest BCUT2D eigenvalue weighted by molar-refractivity contribution is -0.123. The number of hydrogen-bond acceptors (Lipinski definition) is 7. The van der Waals surface area contributed by atoms with Gasteiger partial charge in [-0.1, -0.05) is 12.1 Å². The number of aliphatic hydroxyl groups excluding tert-OH is 2. The Morgan fingerprint density at radius 2 is 1.65 bits per heavy atom. The zero-order valence-corrected chi connectivity index (χ0v) is 21.5. The molecule has 0 aromatic heterocycles. The van der Waals surface area contributed by atoms with Crippen molar-refractivity contribution in [3.8, 4) is 17.2 Å². The van der Waals surface area contributed by atoms with Crippen molar-refractivity contribution in [3.05, 3.63) is 54.1 Å². The predicted molar refractivity (Wildman–Crippen MR) is 139 cm³/mol. The quantitative estimate of drug-likeness (QED) is 0.293. The number of halogens is 1. The molecule has 1 heterocycles. The molecule has 1 aliphatic rings. The van der Waals surface area contributed by atoms with E-state index >= 15 is 0 Å². The Labute approximate surface area is 218 Å². The van der Waals surface area contributed by atoms with E-state index in [1.54, 1.807) is 31.4 Å². The Balaban J connectivity index is 1.52. The van der Waals surface area contributed by atoms with Gasteiger partial charge in [0, 0.05) is 26.1 Å². The molecular formula is C28H39FN2O6. The highest BCUT2D eigenvalue weighted by atomic mass is 19.1. The van der Waals surface area contributed by atoms with Crippen LogP contribution in [-0.2, 0) is 4.79 Å². The number of hydrogen-bond donors (Lipinski definition) is 3. The van der Waals surface area contributed by atoms with Gasteiger partial charge in [-0.25, -0.2) is 0 Å². The zero-order chi connectivity index (χ0) is 26.5. The minimum absolute atomic E-state index is 0.171. The molecule has 1 amide bonds. The summed E-state index contributed by atoms with van der Waals surface area (Å²) in [6, 6.07) is 13.8. The molecule has 0 aliphatic carbocycles. The molecule has 37 heavy (non-hydrogen) atoms. The number of carbonyl (C=O) groups excluding carboxylic acids is 1. The van der Waals surface area contributed by atoms with Gasteiger partial charge in [0.2, 0.25) is 5.91 Å². The van der Waals surface area contributed by atoms with Crippen LogP contribution in [0.3, 0.4) is 0 Å². The number of nitrogens with one attached hydrogen (secondary N) is 1. The van der Waals surface area contributed by atoms with Gasteiger partial charge in [0.05, 0.1) is 39.1 Å². The van der Waals surface area contributed by atoms with Gasteiger partial charge in [-0.05, 0) is 67.6 Å². The fraction of sp³-hybridized carbons (Fsp3) is 0.536. The first kappa shape index (κ1) is 28.7. The summed E-state index contributed by atoms with van der Waals surface area (Å²) in [7, 11) is 1.60. The number of likely N-dealkylation sites (tertiary alicyclic amines) is 1. The molecule has 204 valence electrons. The standard InChI is InChI=1S/C28H39FN2O6/c1-35-23-10-12-25(13-11-23)37-18-4-5-27(33)30-26(20-31-16-14-22(32)19-31)28(34)21-6-8-24(9-7-21)36-17-3-2-15-29/h6-13,22,26,28,32,34H,2-5,14-20H2,1H3,(H,30,33). The van der Waals surface area contributed by atoms with Gasteiger partial charge in [-0.3, -0.25) is 14.1 Å². The van der Waals surface area contributed by atoms with Gasteiger partial charge in [-0.15, -0.1) is 0 Å². The Kier molecular flexibility index (Phi) is 11.9. The van der Waals surface area contributed by atoms with Crippen LogP contribution in [0.5, 0.6) is 17.2 Å². The van der Waals surface area contributed by atoms with E-state index in [1.165, 1.54) is 0 Å². The SMILES string of the molecule is COc1ccc(OCCCC(=O)NC(CN2CCC(O)C2)C(O)c2ccc(OCCCCF)cc2)cc1. The van der Waals surface area contributed by atoms with Crippen LogP contribution in [0.1, 0.15) is 43.8 Å². The normalized spacial score (nSPS) is 17.2. The smallest absolute Gasteiger partial charge is 0.220 e. The van der Waals surface area contributed by atoms with Crippen molar-refractivity contribution in [2.45, 2.75) is 50.4 Å². The van der Waals surface area contributed by atoms with E-state index < -0.39 is 18.2 Å². The fourth-order valence-electron chi connectivity index (χ4n) is 4.23. The number of methoxy groups -OCH3 is 1. The number of carbonyl (C=O) groups is 1. The largest absolute Gasteiger partial charge is 0.497 e. The number of rotatable bonds is 16. The molecule has 0 spiro atoms. The lowest BCUT2D eigenvalue weighted by Crippen LogP contribution is -2.47. The summed E-state index contributed by atoms with van der Waals surface area (Å²) >= 11 is 0. The van der Waals surface area contributed by atoms with Crippen LogP contribution in [-0.4, -0.2) is 79.8 Å². The van der Waals surface area contributed by atoms with E-state index in [0.29, 0.717) is 75.6 Å². The van der Waals surface area contributed by atoms with Gasteiger partial charge in [-0.2, -0.15) is 0 Å². The van der Waals surface area contributed by atoms with Crippen molar-refractivity contribution < 1.29 is 33.6 Å². The monoisotopic (exact) mass is 518 g/mol. The summed E-state index contributed by atoms with van der Waals surface area (Å²) < 4.78 is 28.7. The topological polar surface area (TPSA) is 100 Å². The second-order valence-electron chi connectivity index (χ2n) is 9.26. The number of amides is 1. The Hall–Kier alpha value is -2.88. The Morgan fingerprint density at radius 1 is 1.03 bits per heavy atom. The summed E-state index contributed by atoms with van der Waals surface area (Å²) in [6.45, 7) is 2.11. The molecule has 3 N–H and O–H groups in total. The Bertz CT molecular complexity index is 927. The molecule has 2 aromatic rings. The van der Waals surface area contributed by atoms with Crippen molar-refractivity contribution >= 4 is 5.91 Å². The van der Waals surface area contributed by atoms with Gasteiger partial charge in [0.15, 0.2) is 0 Å². The van der Waals surface area contributed by atoms with Gasteiger partial charge >= 0.3 is 0 Å². The first-order valence-corrected chi connectivity index (χ1v) is 12.9. The number of benzene rings is 2. The van der Waals surface area contributed by atoms with Gasteiger partial charge in [0.25, 0.3) is 0 Å². The van der Waals surface area contributed by atoms with Crippen molar-refractivity contribution in [1.29, 1.82) is 0 Å². The van der Waals surface area contributed by atoms with E-state index in [-0.39, 0.29) is 19.0 Å². The van der Waals surface area contributed by atoms with Crippen LogP contribution in [0.4, 0.5) is 4.39 Å². The van der Waals surface area contributed by atoms with Crippen LogP contribution >= 0.6 is 0 Å². The molecule has 2 aromatic carbocycles. The molecule has 9 heteroatoms. The highest BCUT2D eigenvalue weighted by molar-refractivity contribution is 5.76. The van der Waals surface area contributed by atoms with Crippen molar-refractivity contribution in [2.24, 2.45) is 0 Å². The summed E-state index contributed by atoms with van der Waals surface area (Å²) in [4.78, 5) is 14.8. The van der Waals surface area contributed by atoms with Crippen molar-refractivity contribution in [3.63, 3.8) is 0 Å². The zero-order valence-electron chi connectivity index (χ0n) is 21.5. The molecule has 8 nitrogen and oxygen atoms in total. The highest BCUT2D eigenvalue weighted by Crippen LogP contribution is 2.23. The average molecular weight is 519 g/mol. The van der Waals surface area contributed by atoms with Crippen LogP contribution in [0.2, 0.25) is 0 Å². The third-order valence-electron chi connectivity index (χ3n) is 6.32. The summed E-state index contributed by atoms with van der Waals surface area (Å²) in [6.07, 6.45) is 1.24. The van der Waals surface area contributed by atoms with Crippen LogP contribution < -0.4 is 19.5 Å². The Morgan fingerprint density at radius 3 is 2.24 bits per heavy atom. The minimum atomic E-state index is -0.933. The van der Waals surface area contributed by atoms with Crippen LogP contribution in [0.25, 0.3) is 0 Å². The molecule has 3 rings (SSSR count). The number of ether oxygens (including phenoxy) is 3. The third kappa shape index (κ3) is 9.83. The number of nitrogens with zero attached hydrogens (tertiary/aromatic N) is 1. The molecule has 3 unspecified atom stereocenters. The second-order valence-corrected chi connectivity index (χ2v) is 9.26. The van der Waals surface area contributed by atoms with Crippen molar-refractivity contribution in [1.82, 2.24) is 10.2 Å². The average Bonchev–Trinajstić information content (AvgIpc) is 3.33. The molecule has 0 radical (unpaired) electrons. The maximum atomic E-state index is 12.7. The lowest BCUT2D eigenvalue weighted by Gasteiger charge is -2.29. The van der Waals surface area contributed by atoms with E-state index in [9.17, 15) is 19.4 Å². The van der Waals surface area contributed by atoms with E-state index in [0.717, 1.165) is 5.75 Å². The fourth-order valence-corrected chi connectivity index (χ4v) is 4.23. The first-order valence-electron chi connectivity index (χ1n) is 12.9. The maximum absolute atomic E-state index is 12.7. The molecular weight excluding hydrogens is 479 g/mol. The number of β-amino-alcohol motifs (C(OH)–C–C–N with tert-alkyl or cyclic N) is 1. The second kappa shape index (κ2) is 15.4. The van der Waals surface area contributed by atoms with Crippen LogP contribution in [0.15, 0.2) is 48.5 Å². The third-order valence-corrected chi connectivity index (χ3v) is 6.32. The molecule has 1 aliphatic heterocycles. The predicted octanol–water partition coefficient (Wildman–Crippen LogP) is 3.27. The number of unbranched alkanes of at least 4 members (excludes halogenated alkanes) is 1. The maximum Gasteiger partial charge on any atom is 0.220 e. The molecule has 0 saturated carbocycles. The molecule has 3 atom stereocenters. The molecule has 1 saturated heterocycles. The minimum Gasteiger partial charge on any atom is -0.497 e. The van der Waals surface area contributed by atoms with E-state index in [4.69, 9.17) is 14.2 Å². The summed E-state index contributed by atoms with van der Waals surface area (Å²) in [5.74, 6) is 1.93. The van der Waals surface area contributed by atoms with Crippen LogP contribution in [0, 0.1) is 0 Å². The molecule has 0 bridgehead atoms. The van der Waals surface area contributed by atoms with Gasteiger partial charge in [0.1, 0.15) is 23.4 Å². The number of alkyl halides is 1. The van der Waals surface area contributed by atoms with Gasteiger partial charge < -0.3 is 29.7 Å². The van der Waals surface area contributed by atoms with E-state index in [1.807, 2.05) is 29.2 Å². The highest BCUT2D eigenvalue weighted by Gasteiger charge is 2.28. The summed E-state index contributed by atoms with van der Waals surface area (Å²) in [5.41, 5.74) is 0.656. The summed E-state index contributed by atoms with van der Waals surface area (Å²) in [5, 5.41) is 24.0. The van der Waals surface area contributed by atoms with E-state index in [2.05, 4.69) is 5.32 Å². The lowest BCUT2D eigenvalue weighted by atomic mass is 10.0. The number of aliphatic hydroxyl groups is 2.